The van der Waals surface area contributed by atoms with Crippen LogP contribution >= 0.6 is 23.4 Å². The predicted molar refractivity (Wildman–Crippen MR) is 129 cm³/mol. The third-order valence-electron chi connectivity index (χ3n) is 5.07. The molecule has 0 spiro atoms. The molecule has 164 valence electrons. The maximum absolute atomic E-state index is 13.0. The molecule has 0 unspecified atom stereocenters. The molecule has 2 aliphatic heterocycles. The fourth-order valence-electron chi connectivity index (χ4n) is 3.39. The molecule has 0 fully saturated rings. The Morgan fingerprint density at radius 1 is 1.21 bits per heavy atom. The Morgan fingerprint density at radius 2 is 2.00 bits per heavy atom. The van der Waals surface area contributed by atoms with E-state index in [1.54, 1.807) is 30.3 Å². The van der Waals surface area contributed by atoms with Gasteiger partial charge in [0.25, 0.3) is 5.91 Å². The van der Waals surface area contributed by atoms with Crippen LogP contribution in [0.15, 0.2) is 73.6 Å². The van der Waals surface area contributed by atoms with Crippen molar-refractivity contribution in [3.8, 4) is 5.75 Å². The number of amides is 1. The number of nitrogens with zero attached hydrogens (tertiary/aromatic N) is 3. The highest BCUT2D eigenvalue weighted by Gasteiger charge is 2.35. The number of ether oxygens (including phenoxy) is 1. The van der Waals surface area contributed by atoms with E-state index in [1.807, 2.05) is 12.1 Å². The maximum Gasteiger partial charge on any atom is 0.283 e. The summed E-state index contributed by atoms with van der Waals surface area (Å²) in [6, 6.07) is 12.2. The SMILES string of the molecule is COc1ccc2occ(C=C3C(=N)N4N=C(Cc5ccc(Cl)cc5)SC4=NC3=O)c(=O)c2c1. The van der Waals surface area contributed by atoms with Gasteiger partial charge < -0.3 is 9.15 Å². The molecule has 3 aromatic rings. The maximum atomic E-state index is 13.0. The van der Waals surface area contributed by atoms with E-state index in [9.17, 15) is 9.59 Å². The lowest BCUT2D eigenvalue weighted by atomic mass is 10.1. The average Bonchev–Trinajstić information content (AvgIpc) is 3.21. The number of hydrogen-bond acceptors (Lipinski definition) is 7. The third kappa shape index (κ3) is 3.96. The van der Waals surface area contributed by atoms with E-state index < -0.39 is 5.91 Å². The lowest BCUT2D eigenvalue weighted by Crippen LogP contribution is -2.35. The number of fused-ring (bicyclic) bond motifs is 2. The highest BCUT2D eigenvalue weighted by Crippen LogP contribution is 2.30. The molecule has 10 heteroatoms. The normalized spacial score (nSPS) is 16.8. The Kier molecular flexibility index (Phi) is 5.35. The zero-order valence-electron chi connectivity index (χ0n) is 17.2. The van der Waals surface area contributed by atoms with Gasteiger partial charge >= 0.3 is 0 Å². The molecular formula is C23H15ClN4O4S. The van der Waals surface area contributed by atoms with Crippen LogP contribution < -0.4 is 10.2 Å². The standard InChI is InChI=1S/C23H15ClN4O4S/c1-31-15-6-7-18-16(10-15)20(29)13(11-32-18)9-17-21(25)28-23(26-22(17)30)33-19(27-28)8-12-2-4-14(24)5-3-12/h2-7,9-11,25H,8H2,1H3. The van der Waals surface area contributed by atoms with Gasteiger partial charge in [0.05, 0.1) is 23.6 Å². The Bertz CT molecular complexity index is 1470. The van der Waals surface area contributed by atoms with Gasteiger partial charge in [0.2, 0.25) is 5.17 Å². The number of halogens is 1. The first-order valence-electron chi connectivity index (χ1n) is 9.76. The summed E-state index contributed by atoms with van der Waals surface area (Å²) in [5.74, 6) is -0.271. The first-order valence-corrected chi connectivity index (χ1v) is 11.0. The van der Waals surface area contributed by atoms with Crippen LogP contribution in [0, 0.1) is 5.41 Å². The first-order chi connectivity index (χ1) is 15.9. The average molecular weight is 479 g/mol. The van der Waals surface area contributed by atoms with Gasteiger partial charge in [-0.05, 0) is 53.7 Å². The molecule has 3 heterocycles. The number of carbonyl (C=O) groups is 1. The van der Waals surface area contributed by atoms with Gasteiger partial charge in [-0.25, -0.2) is 0 Å². The van der Waals surface area contributed by atoms with Gasteiger partial charge in [0.15, 0.2) is 11.3 Å². The third-order valence-corrected chi connectivity index (χ3v) is 6.23. The van der Waals surface area contributed by atoms with Gasteiger partial charge in [-0.2, -0.15) is 15.1 Å². The number of benzene rings is 2. The van der Waals surface area contributed by atoms with Gasteiger partial charge in [-0.1, -0.05) is 23.7 Å². The van der Waals surface area contributed by atoms with Crippen LogP contribution in [0.4, 0.5) is 0 Å². The summed E-state index contributed by atoms with van der Waals surface area (Å²) in [7, 11) is 1.50. The molecule has 0 aliphatic carbocycles. The highest BCUT2D eigenvalue weighted by atomic mass is 35.5. The summed E-state index contributed by atoms with van der Waals surface area (Å²) in [4.78, 5) is 29.7. The smallest absolute Gasteiger partial charge is 0.283 e. The Morgan fingerprint density at radius 3 is 2.76 bits per heavy atom. The van der Waals surface area contributed by atoms with Crippen LogP contribution in [-0.2, 0) is 11.2 Å². The second-order valence-corrected chi connectivity index (χ2v) is 8.68. The zero-order valence-corrected chi connectivity index (χ0v) is 18.7. The minimum Gasteiger partial charge on any atom is -0.497 e. The van der Waals surface area contributed by atoms with Crippen LogP contribution in [0.2, 0.25) is 5.02 Å². The van der Waals surface area contributed by atoms with E-state index in [4.69, 9.17) is 26.2 Å². The van der Waals surface area contributed by atoms with Crippen molar-refractivity contribution in [1.82, 2.24) is 5.01 Å². The number of aliphatic imine (C=N–C) groups is 1. The summed E-state index contributed by atoms with van der Waals surface area (Å²) in [6.07, 6.45) is 3.08. The quantitative estimate of drug-likeness (QED) is 0.559. The molecule has 33 heavy (non-hydrogen) atoms. The van der Waals surface area contributed by atoms with Crippen molar-refractivity contribution < 1.29 is 13.9 Å². The number of carbonyl (C=O) groups excluding carboxylic acids is 1. The summed E-state index contributed by atoms with van der Waals surface area (Å²) >= 11 is 7.16. The topological polar surface area (TPSA) is 108 Å². The fraction of sp³-hybridized carbons (Fsp3) is 0.0870. The lowest BCUT2D eigenvalue weighted by Gasteiger charge is -2.20. The molecule has 0 radical (unpaired) electrons. The Labute approximate surface area is 196 Å². The Hall–Kier alpha value is -3.69. The molecule has 1 aromatic heterocycles. The van der Waals surface area contributed by atoms with Gasteiger partial charge in [-0.3, -0.25) is 15.0 Å². The van der Waals surface area contributed by atoms with Crippen molar-refractivity contribution >= 4 is 62.4 Å². The molecule has 1 amide bonds. The number of thioether (sulfide) groups is 1. The highest BCUT2D eigenvalue weighted by molar-refractivity contribution is 8.26. The van der Waals surface area contributed by atoms with Gasteiger partial charge in [0, 0.05) is 11.4 Å². The van der Waals surface area contributed by atoms with Crippen molar-refractivity contribution in [1.29, 1.82) is 5.41 Å². The minimum absolute atomic E-state index is 0.0506. The second-order valence-electron chi connectivity index (χ2n) is 7.20. The second kappa shape index (κ2) is 8.34. The molecule has 8 nitrogen and oxygen atoms in total. The summed E-state index contributed by atoms with van der Waals surface area (Å²) in [5.41, 5.74) is 1.11. The van der Waals surface area contributed by atoms with E-state index in [-0.39, 0.29) is 22.4 Å². The largest absolute Gasteiger partial charge is 0.497 e. The molecular weight excluding hydrogens is 464 g/mol. The molecule has 5 rings (SSSR count). The summed E-state index contributed by atoms with van der Waals surface area (Å²) in [6.45, 7) is 0. The van der Waals surface area contributed by atoms with E-state index >= 15 is 0 Å². The molecule has 2 aromatic carbocycles. The number of nitrogens with one attached hydrogen (secondary N) is 1. The number of amidine groups is 2. The van der Waals surface area contributed by atoms with Crippen LogP contribution in [0.1, 0.15) is 11.1 Å². The monoisotopic (exact) mass is 478 g/mol. The molecule has 0 saturated carbocycles. The fourth-order valence-corrected chi connectivity index (χ4v) is 4.43. The zero-order chi connectivity index (χ0) is 23.1. The van der Waals surface area contributed by atoms with Gasteiger partial charge in [0.1, 0.15) is 22.6 Å². The minimum atomic E-state index is -0.619. The van der Waals surface area contributed by atoms with Crippen molar-refractivity contribution in [3.63, 3.8) is 0 Å². The van der Waals surface area contributed by atoms with E-state index in [2.05, 4.69) is 10.1 Å². The molecule has 0 saturated heterocycles. The van der Waals surface area contributed by atoms with Crippen molar-refractivity contribution in [2.24, 2.45) is 10.1 Å². The van der Waals surface area contributed by atoms with Crippen molar-refractivity contribution in [2.75, 3.05) is 7.11 Å². The van der Waals surface area contributed by atoms with E-state index in [0.717, 1.165) is 5.56 Å². The van der Waals surface area contributed by atoms with E-state index in [1.165, 1.54) is 36.2 Å². The number of rotatable bonds is 4. The molecule has 2 aliphatic rings. The van der Waals surface area contributed by atoms with Crippen molar-refractivity contribution in [3.05, 3.63) is 80.7 Å². The van der Waals surface area contributed by atoms with Crippen LogP contribution in [0.3, 0.4) is 0 Å². The van der Waals surface area contributed by atoms with Crippen LogP contribution in [0.25, 0.3) is 17.0 Å². The van der Waals surface area contributed by atoms with Gasteiger partial charge in [-0.15, -0.1) is 0 Å². The van der Waals surface area contributed by atoms with Crippen LogP contribution in [0.5, 0.6) is 5.75 Å². The first kappa shape index (κ1) is 21.2. The molecule has 0 bridgehead atoms. The molecule has 1 N–H and O–H groups in total. The number of hydrazone groups is 1. The summed E-state index contributed by atoms with van der Waals surface area (Å²) in [5, 5.41) is 16.2. The van der Waals surface area contributed by atoms with Crippen LogP contribution in [-0.4, -0.2) is 34.1 Å². The molecule has 0 atom stereocenters. The van der Waals surface area contributed by atoms with E-state index in [0.29, 0.717) is 38.4 Å². The number of methoxy groups -OCH3 is 1. The van der Waals surface area contributed by atoms with Crippen molar-refractivity contribution in [2.45, 2.75) is 6.42 Å². The lowest BCUT2D eigenvalue weighted by molar-refractivity contribution is -0.114. The Balaban J connectivity index is 1.47. The summed E-state index contributed by atoms with van der Waals surface area (Å²) < 4.78 is 10.7. The predicted octanol–water partition coefficient (Wildman–Crippen LogP) is 4.32. The number of hydrogen-bond donors (Lipinski definition) is 1.